The lowest BCUT2D eigenvalue weighted by molar-refractivity contribution is 0.0876. The second-order valence-electron chi connectivity index (χ2n) is 7.75. The maximum absolute atomic E-state index is 13.0. The maximum atomic E-state index is 13.0. The number of benzene rings is 3. The Hall–Kier alpha value is -2.79. The predicted molar refractivity (Wildman–Crippen MR) is 122 cm³/mol. The molecule has 5 rings (SSSR count). The fourth-order valence-corrected chi connectivity index (χ4v) is 4.32. The molecule has 0 unspecified atom stereocenters. The van der Waals surface area contributed by atoms with Gasteiger partial charge in [-0.2, -0.15) is 0 Å². The Morgan fingerprint density at radius 1 is 1.03 bits per heavy atom. The van der Waals surface area contributed by atoms with Crippen LogP contribution in [0.2, 0.25) is 10.0 Å². The largest absolute Gasteiger partial charge is 0.477 e. The molecule has 0 fully saturated rings. The molecule has 0 radical (unpaired) electrons. The number of carbonyl (C=O) groups is 1. The average Bonchev–Trinajstić information content (AvgIpc) is 3.06. The van der Waals surface area contributed by atoms with Crippen molar-refractivity contribution in [2.45, 2.75) is 20.0 Å². The second kappa shape index (κ2) is 8.04. The minimum Gasteiger partial charge on any atom is -0.477 e. The van der Waals surface area contributed by atoms with Crippen LogP contribution in [-0.2, 0) is 13.1 Å². The van der Waals surface area contributed by atoms with Crippen molar-refractivity contribution < 1.29 is 14.3 Å². The van der Waals surface area contributed by atoms with Gasteiger partial charge in [-0.3, -0.25) is 9.69 Å². The first-order valence-electron chi connectivity index (χ1n) is 9.94. The van der Waals surface area contributed by atoms with Gasteiger partial charge in [0, 0.05) is 34.3 Å². The molecule has 0 aromatic heterocycles. The van der Waals surface area contributed by atoms with Gasteiger partial charge in [0.2, 0.25) is 5.78 Å². The van der Waals surface area contributed by atoms with Crippen LogP contribution in [0.3, 0.4) is 0 Å². The van der Waals surface area contributed by atoms with Crippen LogP contribution in [0.15, 0.2) is 60.4 Å². The Labute approximate surface area is 190 Å². The summed E-state index contributed by atoms with van der Waals surface area (Å²) in [6.07, 6.45) is 1.72. The van der Waals surface area contributed by atoms with Crippen molar-refractivity contribution in [1.82, 2.24) is 4.90 Å². The summed E-state index contributed by atoms with van der Waals surface area (Å²) in [6.45, 7) is 3.82. The van der Waals surface area contributed by atoms with Crippen LogP contribution in [0.25, 0.3) is 6.08 Å². The molecule has 0 spiro atoms. The van der Waals surface area contributed by atoms with Crippen LogP contribution in [-0.4, -0.2) is 17.4 Å². The van der Waals surface area contributed by atoms with E-state index in [-0.39, 0.29) is 5.78 Å². The second-order valence-corrected chi connectivity index (χ2v) is 8.62. The van der Waals surface area contributed by atoms with E-state index in [4.69, 9.17) is 32.7 Å². The standard InChI is InChI=1S/C25H19Cl2NO3/c1-15-24-18(13-28(14-30-24)12-16-5-7-19(26)8-6-16)11-21-23(29)22(31-25(15)21)10-17-3-2-4-20(27)9-17/h2-11H,12-14H2,1H3/b22-10-. The summed E-state index contributed by atoms with van der Waals surface area (Å²) in [7, 11) is 0. The molecule has 0 N–H and O–H groups in total. The Morgan fingerprint density at radius 2 is 1.84 bits per heavy atom. The van der Waals surface area contributed by atoms with Crippen molar-refractivity contribution in [2.75, 3.05) is 6.73 Å². The van der Waals surface area contributed by atoms with E-state index >= 15 is 0 Å². The fraction of sp³-hybridized carbons (Fsp3) is 0.160. The molecule has 2 aliphatic heterocycles. The van der Waals surface area contributed by atoms with Crippen LogP contribution < -0.4 is 9.47 Å². The number of allylic oxidation sites excluding steroid dienone is 1. The van der Waals surface area contributed by atoms with Gasteiger partial charge in [0.1, 0.15) is 18.2 Å². The quantitative estimate of drug-likeness (QED) is 0.439. The first-order chi connectivity index (χ1) is 15.0. The zero-order chi connectivity index (χ0) is 21.5. The highest BCUT2D eigenvalue weighted by Crippen LogP contribution is 2.43. The van der Waals surface area contributed by atoms with Crippen LogP contribution in [0.4, 0.5) is 0 Å². The summed E-state index contributed by atoms with van der Waals surface area (Å²) < 4.78 is 12.0. The van der Waals surface area contributed by atoms with Crippen LogP contribution >= 0.6 is 23.2 Å². The van der Waals surface area contributed by atoms with E-state index in [0.717, 1.165) is 39.6 Å². The SMILES string of the molecule is Cc1c2c(cc3c1O/C(=C\c1cccc(Cl)c1)C3=O)CN(Cc1ccc(Cl)cc1)CO2. The predicted octanol–water partition coefficient (Wildman–Crippen LogP) is 6.27. The van der Waals surface area contributed by atoms with Crippen molar-refractivity contribution in [3.63, 3.8) is 0 Å². The van der Waals surface area contributed by atoms with Gasteiger partial charge in [-0.05, 0) is 54.5 Å². The molecule has 0 aliphatic carbocycles. The molecule has 31 heavy (non-hydrogen) atoms. The van der Waals surface area contributed by atoms with E-state index in [0.29, 0.717) is 35.4 Å². The molecule has 6 heteroatoms. The van der Waals surface area contributed by atoms with Crippen LogP contribution in [0, 0.1) is 6.92 Å². The number of carbonyl (C=O) groups excluding carboxylic acids is 1. The Bertz CT molecular complexity index is 1220. The third kappa shape index (κ3) is 3.94. The zero-order valence-corrected chi connectivity index (χ0v) is 18.3. The minimum atomic E-state index is -0.129. The number of ether oxygens (including phenoxy) is 2. The van der Waals surface area contributed by atoms with Gasteiger partial charge < -0.3 is 9.47 Å². The van der Waals surface area contributed by atoms with Gasteiger partial charge in [0.15, 0.2) is 5.76 Å². The summed E-state index contributed by atoms with van der Waals surface area (Å²) in [4.78, 5) is 15.2. The Kier molecular flexibility index (Phi) is 5.22. The molecular formula is C25H19Cl2NO3. The first kappa shape index (κ1) is 20.1. The summed E-state index contributed by atoms with van der Waals surface area (Å²) in [6, 6.07) is 17.0. The van der Waals surface area contributed by atoms with Crippen LogP contribution in [0.5, 0.6) is 11.5 Å². The van der Waals surface area contributed by atoms with E-state index < -0.39 is 0 Å². The average molecular weight is 452 g/mol. The number of nitrogens with zero attached hydrogens (tertiary/aromatic N) is 1. The minimum absolute atomic E-state index is 0.129. The van der Waals surface area contributed by atoms with Crippen molar-refractivity contribution in [3.8, 4) is 11.5 Å². The number of halogens is 2. The molecular weight excluding hydrogens is 433 g/mol. The Morgan fingerprint density at radius 3 is 2.61 bits per heavy atom. The fourth-order valence-electron chi connectivity index (χ4n) is 3.99. The first-order valence-corrected chi connectivity index (χ1v) is 10.7. The monoisotopic (exact) mass is 451 g/mol. The third-order valence-corrected chi connectivity index (χ3v) is 5.95. The lowest BCUT2D eigenvalue weighted by Crippen LogP contribution is -2.32. The number of hydrogen-bond donors (Lipinski definition) is 0. The Balaban J connectivity index is 1.42. The third-order valence-electron chi connectivity index (χ3n) is 5.47. The molecule has 0 amide bonds. The highest BCUT2D eigenvalue weighted by Gasteiger charge is 2.33. The van der Waals surface area contributed by atoms with Gasteiger partial charge in [-0.1, -0.05) is 47.5 Å². The topological polar surface area (TPSA) is 38.8 Å². The summed E-state index contributed by atoms with van der Waals surface area (Å²) in [5.41, 5.74) is 4.37. The number of Topliss-reactive ketones (excluding diaryl/α,β-unsaturated/α-hetero) is 1. The maximum Gasteiger partial charge on any atom is 0.231 e. The van der Waals surface area contributed by atoms with Crippen LogP contribution in [0.1, 0.15) is 32.6 Å². The summed E-state index contributed by atoms with van der Waals surface area (Å²) in [5, 5.41) is 1.33. The van der Waals surface area contributed by atoms with Gasteiger partial charge in [-0.25, -0.2) is 0 Å². The summed E-state index contributed by atoms with van der Waals surface area (Å²) in [5.74, 6) is 1.53. The molecule has 2 heterocycles. The van der Waals surface area contributed by atoms with Crippen molar-refractivity contribution in [2.24, 2.45) is 0 Å². The van der Waals surface area contributed by atoms with Gasteiger partial charge in [0.05, 0.1) is 5.56 Å². The number of rotatable bonds is 3. The molecule has 3 aromatic carbocycles. The van der Waals surface area contributed by atoms with E-state index in [2.05, 4.69) is 4.90 Å². The zero-order valence-electron chi connectivity index (χ0n) is 16.8. The molecule has 0 atom stereocenters. The molecule has 3 aromatic rings. The molecule has 0 saturated heterocycles. The van der Waals surface area contributed by atoms with Gasteiger partial charge in [-0.15, -0.1) is 0 Å². The van der Waals surface area contributed by atoms with E-state index in [1.165, 1.54) is 0 Å². The molecule has 0 saturated carbocycles. The number of hydrogen-bond acceptors (Lipinski definition) is 4. The van der Waals surface area contributed by atoms with E-state index in [1.807, 2.05) is 49.4 Å². The number of ketones is 1. The van der Waals surface area contributed by atoms with Crippen molar-refractivity contribution in [1.29, 1.82) is 0 Å². The molecule has 4 nitrogen and oxygen atoms in total. The number of fused-ring (bicyclic) bond motifs is 2. The lowest BCUT2D eigenvalue weighted by Gasteiger charge is -2.30. The molecule has 2 aliphatic rings. The van der Waals surface area contributed by atoms with Crippen molar-refractivity contribution in [3.05, 3.63) is 98.2 Å². The highest BCUT2D eigenvalue weighted by molar-refractivity contribution is 6.31. The summed E-state index contributed by atoms with van der Waals surface area (Å²) >= 11 is 12.0. The van der Waals surface area contributed by atoms with Gasteiger partial charge in [0.25, 0.3) is 0 Å². The van der Waals surface area contributed by atoms with Crippen molar-refractivity contribution >= 4 is 35.1 Å². The normalized spacial score (nSPS) is 16.6. The van der Waals surface area contributed by atoms with Gasteiger partial charge >= 0.3 is 0 Å². The van der Waals surface area contributed by atoms with E-state index in [9.17, 15) is 4.79 Å². The van der Waals surface area contributed by atoms with E-state index in [1.54, 1.807) is 18.2 Å². The molecule has 0 bridgehead atoms. The smallest absolute Gasteiger partial charge is 0.231 e. The lowest BCUT2D eigenvalue weighted by atomic mass is 10.00. The molecule has 156 valence electrons. The highest BCUT2D eigenvalue weighted by atomic mass is 35.5.